The second-order valence-corrected chi connectivity index (χ2v) is 16.9. The minimum Gasteiger partial charge on any atom is -0.310 e. The maximum atomic E-state index is 2.41. The topological polar surface area (TPSA) is 8.17 Å². The largest absolute Gasteiger partial charge is 0.310 e. The first-order chi connectivity index (χ1) is 32.7. The summed E-state index contributed by atoms with van der Waals surface area (Å²) in [7, 11) is 0. The van der Waals surface area contributed by atoms with Crippen LogP contribution in [0.4, 0.5) is 17.1 Å². The van der Waals surface area contributed by atoms with Crippen LogP contribution in [0.15, 0.2) is 267 Å². The van der Waals surface area contributed by atoms with Crippen LogP contribution in [-0.2, 0) is 0 Å². The average Bonchev–Trinajstić information content (AvgIpc) is 3.74. The van der Waals surface area contributed by atoms with Crippen molar-refractivity contribution >= 4 is 49.6 Å². The molecule has 0 amide bonds. The fourth-order valence-corrected chi connectivity index (χ4v) is 9.72. The van der Waals surface area contributed by atoms with Gasteiger partial charge in [-0.15, -0.1) is 0 Å². The molecule has 66 heavy (non-hydrogen) atoms. The quantitative estimate of drug-likeness (QED) is 0.141. The summed E-state index contributed by atoms with van der Waals surface area (Å²) in [6.45, 7) is 0. The van der Waals surface area contributed by atoms with Crippen molar-refractivity contribution in [3.05, 3.63) is 267 Å². The van der Waals surface area contributed by atoms with Crippen LogP contribution in [0, 0.1) is 0 Å². The first-order valence-electron chi connectivity index (χ1n) is 22.7. The Kier molecular flexibility index (Phi) is 9.89. The summed E-state index contributed by atoms with van der Waals surface area (Å²) in [5, 5.41) is 5.04. The standard InChI is InChI=1S/C64H44N2/c1-2-15-51(16-3-1)57-18-6-10-22-61(57)65(55-40-36-48(37-41-55)46-26-28-50(29-27-46)54-35-32-45-14-4-5-17-53(45)44-54)56-42-38-49(39-43-56)47-30-33-52(34-31-47)58-19-7-11-23-62(58)66-63-24-12-8-20-59(63)60-21-9-13-25-64(60)66/h1-44H. The summed E-state index contributed by atoms with van der Waals surface area (Å²) in [4.78, 5) is 2.38. The Balaban J connectivity index is 0.866. The molecule has 0 aliphatic heterocycles. The molecule has 11 aromatic carbocycles. The summed E-state index contributed by atoms with van der Waals surface area (Å²) in [6, 6.07) is 96.7. The lowest BCUT2D eigenvalue weighted by atomic mass is 9.97. The van der Waals surface area contributed by atoms with E-state index in [0.717, 1.165) is 17.1 Å². The van der Waals surface area contributed by atoms with Crippen molar-refractivity contribution < 1.29 is 0 Å². The number of rotatable bonds is 9. The summed E-state index contributed by atoms with van der Waals surface area (Å²) in [6.07, 6.45) is 0. The zero-order valence-corrected chi connectivity index (χ0v) is 36.3. The lowest BCUT2D eigenvalue weighted by Crippen LogP contribution is -2.11. The number of benzene rings is 11. The Hall–Kier alpha value is -8.72. The van der Waals surface area contributed by atoms with Crippen LogP contribution in [0.25, 0.3) is 93.9 Å². The van der Waals surface area contributed by atoms with Crippen molar-refractivity contribution in [2.75, 3.05) is 4.90 Å². The van der Waals surface area contributed by atoms with Gasteiger partial charge in [-0.3, -0.25) is 0 Å². The Labute approximate surface area is 385 Å². The molecular weight excluding hydrogens is 797 g/mol. The fourth-order valence-electron chi connectivity index (χ4n) is 9.72. The number of hydrogen-bond acceptors (Lipinski definition) is 1. The van der Waals surface area contributed by atoms with Gasteiger partial charge in [-0.1, -0.05) is 212 Å². The van der Waals surface area contributed by atoms with E-state index < -0.39 is 0 Å². The minimum atomic E-state index is 1.09. The molecule has 0 aliphatic carbocycles. The Morgan fingerprint density at radius 3 is 1.27 bits per heavy atom. The molecule has 0 bridgehead atoms. The highest BCUT2D eigenvalue weighted by Gasteiger charge is 2.19. The van der Waals surface area contributed by atoms with Crippen molar-refractivity contribution in [2.45, 2.75) is 0 Å². The SMILES string of the molecule is c1ccc(-c2ccccc2N(c2ccc(-c3ccc(-c4ccc5ccccc5c4)cc3)cc2)c2ccc(-c3ccc(-c4ccccc4-n4c5ccccc5c5ccccc54)cc3)cc2)cc1. The highest BCUT2D eigenvalue weighted by atomic mass is 15.1. The normalized spacial score (nSPS) is 11.3. The molecule has 0 radical (unpaired) electrons. The van der Waals surface area contributed by atoms with Crippen LogP contribution in [0.1, 0.15) is 0 Å². The highest BCUT2D eigenvalue weighted by Crippen LogP contribution is 2.43. The van der Waals surface area contributed by atoms with Crippen LogP contribution in [-0.4, -0.2) is 4.57 Å². The zero-order valence-electron chi connectivity index (χ0n) is 36.3. The van der Waals surface area contributed by atoms with E-state index in [1.54, 1.807) is 0 Å². The smallest absolute Gasteiger partial charge is 0.0541 e. The molecule has 12 rings (SSSR count). The van der Waals surface area contributed by atoms with Crippen LogP contribution in [0.5, 0.6) is 0 Å². The van der Waals surface area contributed by atoms with Gasteiger partial charge in [0, 0.05) is 33.3 Å². The third-order valence-corrected chi connectivity index (χ3v) is 13.0. The number of anilines is 3. The van der Waals surface area contributed by atoms with Gasteiger partial charge in [0.15, 0.2) is 0 Å². The molecule has 0 spiro atoms. The number of hydrogen-bond donors (Lipinski definition) is 0. The summed E-state index contributed by atoms with van der Waals surface area (Å²) < 4.78 is 2.41. The fraction of sp³-hybridized carbons (Fsp3) is 0. The van der Waals surface area contributed by atoms with Crippen molar-refractivity contribution in [1.82, 2.24) is 4.57 Å². The zero-order chi connectivity index (χ0) is 43.8. The number of para-hydroxylation sites is 4. The molecule has 0 unspecified atom stereocenters. The molecule has 0 saturated heterocycles. The van der Waals surface area contributed by atoms with Gasteiger partial charge in [0.25, 0.3) is 0 Å². The van der Waals surface area contributed by atoms with Gasteiger partial charge in [0.05, 0.1) is 22.4 Å². The van der Waals surface area contributed by atoms with Gasteiger partial charge in [0.1, 0.15) is 0 Å². The first kappa shape index (κ1) is 38.9. The lowest BCUT2D eigenvalue weighted by molar-refractivity contribution is 1.18. The molecule has 0 atom stereocenters. The van der Waals surface area contributed by atoms with E-state index in [0.29, 0.717) is 0 Å². The van der Waals surface area contributed by atoms with E-state index in [1.165, 1.54) is 93.9 Å². The van der Waals surface area contributed by atoms with Gasteiger partial charge in [-0.25, -0.2) is 0 Å². The first-order valence-corrected chi connectivity index (χ1v) is 22.7. The van der Waals surface area contributed by atoms with Gasteiger partial charge < -0.3 is 9.47 Å². The molecule has 0 fully saturated rings. The van der Waals surface area contributed by atoms with Crippen LogP contribution >= 0.6 is 0 Å². The van der Waals surface area contributed by atoms with Crippen LogP contribution in [0.3, 0.4) is 0 Å². The molecule has 12 aromatic rings. The highest BCUT2D eigenvalue weighted by molar-refractivity contribution is 6.09. The molecule has 1 heterocycles. The third-order valence-electron chi connectivity index (χ3n) is 13.0. The van der Waals surface area contributed by atoms with E-state index in [-0.39, 0.29) is 0 Å². The second kappa shape index (κ2) is 16.8. The van der Waals surface area contributed by atoms with Crippen LogP contribution < -0.4 is 4.90 Å². The average molecular weight is 841 g/mol. The van der Waals surface area contributed by atoms with E-state index in [2.05, 4.69) is 276 Å². The molecule has 2 heteroatoms. The monoisotopic (exact) mass is 840 g/mol. The van der Waals surface area contributed by atoms with Gasteiger partial charge in [0.2, 0.25) is 0 Å². The van der Waals surface area contributed by atoms with Gasteiger partial charge in [-0.05, 0) is 110 Å². The Morgan fingerprint density at radius 1 is 0.258 bits per heavy atom. The second-order valence-electron chi connectivity index (χ2n) is 16.9. The predicted molar refractivity (Wildman–Crippen MR) is 280 cm³/mol. The predicted octanol–water partition coefficient (Wildman–Crippen LogP) is 17.7. The minimum absolute atomic E-state index is 1.09. The van der Waals surface area contributed by atoms with E-state index >= 15 is 0 Å². The Bertz CT molecular complexity index is 3610. The van der Waals surface area contributed by atoms with Gasteiger partial charge >= 0.3 is 0 Å². The lowest BCUT2D eigenvalue weighted by Gasteiger charge is -2.28. The van der Waals surface area contributed by atoms with Crippen molar-refractivity contribution in [1.29, 1.82) is 0 Å². The maximum Gasteiger partial charge on any atom is 0.0541 e. The van der Waals surface area contributed by atoms with Crippen molar-refractivity contribution in [3.8, 4) is 61.3 Å². The van der Waals surface area contributed by atoms with E-state index in [9.17, 15) is 0 Å². The van der Waals surface area contributed by atoms with Crippen LogP contribution in [0.2, 0.25) is 0 Å². The molecule has 0 aliphatic rings. The summed E-state index contributed by atoms with van der Waals surface area (Å²) in [5.41, 5.74) is 18.8. The molecular formula is C64H44N2. The summed E-state index contributed by atoms with van der Waals surface area (Å²) >= 11 is 0. The molecule has 0 N–H and O–H groups in total. The molecule has 1 aromatic heterocycles. The van der Waals surface area contributed by atoms with E-state index in [4.69, 9.17) is 0 Å². The maximum absolute atomic E-state index is 2.41. The number of fused-ring (bicyclic) bond motifs is 4. The summed E-state index contributed by atoms with van der Waals surface area (Å²) in [5.74, 6) is 0. The van der Waals surface area contributed by atoms with Crippen molar-refractivity contribution in [3.63, 3.8) is 0 Å². The molecule has 2 nitrogen and oxygen atoms in total. The third kappa shape index (κ3) is 7.12. The molecule has 0 saturated carbocycles. The number of aromatic nitrogens is 1. The number of nitrogens with zero attached hydrogens (tertiary/aromatic N) is 2. The molecule has 310 valence electrons. The van der Waals surface area contributed by atoms with Gasteiger partial charge in [-0.2, -0.15) is 0 Å². The van der Waals surface area contributed by atoms with Crippen molar-refractivity contribution in [2.24, 2.45) is 0 Å². The Morgan fingerprint density at radius 2 is 0.667 bits per heavy atom. The van der Waals surface area contributed by atoms with E-state index in [1.807, 2.05) is 0 Å².